The molecule has 0 saturated carbocycles. The molecule has 3 aromatic carbocycles. The average Bonchev–Trinajstić information content (AvgIpc) is 3.27. The normalized spacial score (nSPS) is 14.3. The summed E-state index contributed by atoms with van der Waals surface area (Å²) in [5, 5.41) is 8.86. The Labute approximate surface area is 233 Å². The summed E-state index contributed by atoms with van der Waals surface area (Å²) in [6.45, 7) is 4.22. The molecule has 0 N–H and O–H groups in total. The van der Waals surface area contributed by atoms with Crippen molar-refractivity contribution in [3.63, 3.8) is 0 Å². The maximum atomic E-state index is 13.9. The van der Waals surface area contributed by atoms with E-state index in [1.165, 1.54) is 23.1 Å². The summed E-state index contributed by atoms with van der Waals surface area (Å²) in [5.41, 5.74) is 2.94. The van der Waals surface area contributed by atoms with Gasteiger partial charge in [-0.2, -0.15) is 0 Å². The Morgan fingerprint density at radius 1 is 0.850 bits per heavy atom. The van der Waals surface area contributed by atoms with E-state index in [-0.39, 0.29) is 30.0 Å². The van der Waals surface area contributed by atoms with Crippen LogP contribution in [0.2, 0.25) is 0 Å². The standard InChI is InChI=1S/C32H32FN5O2/c1-24(25-10-4-2-5-11-25)38(32(40)27-14-8-15-28(33)22-27)23-31(39)37-19-9-18-36(20-21-37)30-17-16-29(34-35-30)26-12-6-3-7-13-26/h2-8,10-17,22,24H,9,18-21,23H2,1H3/t24-/m1/s1. The third kappa shape index (κ3) is 6.34. The summed E-state index contributed by atoms with van der Waals surface area (Å²) >= 11 is 0. The van der Waals surface area contributed by atoms with E-state index in [4.69, 9.17) is 0 Å². The van der Waals surface area contributed by atoms with E-state index in [0.29, 0.717) is 19.6 Å². The van der Waals surface area contributed by atoms with Gasteiger partial charge in [0.25, 0.3) is 5.91 Å². The Balaban J connectivity index is 1.28. The molecule has 1 aliphatic rings. The molecule has 5 rings (SSSR count). The zero-order valence-corrected chi connectivity index (χ0v) is 22.5. The lowest BCUT2D eigenvalue weighted by molar-refractivity contribution is -0.132. The Bertz CT molecular complexity index is 1430. The molecule has 7 nitrogen and oxygen atoms in total. The predicted octanol–water partition coefficient (Wildman–Crippen LogP) is 5.23. The fourth-order valence-electron chi connectivity index (χ4n) is 4.98. The van der Waals surface area contributed by atoms with Crippen molar-refractivity contribution in [2.24, 2.45) is 0 Å². The lowest BCUT2D eigenvalue weighted by Gasteiger charge is -2.32. The number of halogens is 1. The van der Waals surface area contributed by atoms with Gasteiger partial charge >= 0.3 is 0 Å². The highest BCUT2D eigenvalue weighted by molar-refractivity contribution is 5.96. The van der Waals surface area contributed by atoms with Crippen LogP contribution in [-0.4, -0.2) is 64.5 Å². The molecule has 204 valence electrons. The molecule has 0 unspecified atom stereocenters. The second-order valence-electron chi connectivity index (χ2n) is 9.89. The van der Waals surface area contributed by atoms with Gasteiger partial charge in [0.1, 0.15) is 12.4 Å². The Morgan fingerprint density at radius 3 is 2.30 bits per heavy atom. The van der Waals surface area contributed by atoms with Crippen LogP contribution >= 0.6 is 0 Å². The van der Waals surface area contributed by atoms with Crippen LogP contribution in [0.5, 0.6) is 0 Å². The number of amides is 2. The van der Waals surface area contributed by atoms with Crippen LogP contribution in [0.4, 0.5) is 10.2 Å². The lowest BCUT2D eigenvalue weighted by atomic mass is 10.1. The second kappa shape index (κ2) is 12.5. The van der Waals surface area contributed by atoms with Gasteiger partial charge in [0.2, 0.25) is 5.91 Å². The van der Waals surface area contributed by atoms with Gasteiger partial charge in [-0.3, -0.25) is 9.59 Å². The second-order valence-corrected chi connectivity index (χ2v) is 9.89. The van der Waals surface area contributed by atoms with Crippen molar-refractivity contribution in [1.82, 2.24) is 20.0 Å². The van der Waals surface area contributed by atoms with Gasteiger partial charge in [-0.05, 0) is 49.2 Å². The van der Waals surface area contributed by atoms with Crippen molar-refractivity contribution in [2.45, 2.75) is 19.4 Å². The molecule has 0 spiro atoms. The molecule has 1 fully saturated rings. The Kier molecular flexibility index (Phi) is 8.44. The molecule has 0 bridgehead atoms. The van der Waals surface area contributed by atoms with Gasteiger partial charge in [0.05, 0.1) is 11.7 Å². The first-order valence-corrected chi connectivity index (χ1v) is 13.5. The number of carbonyl (C=O) groups excluding carboxylic acids is 2. The van der Waals surface area contributed by atoms with Crippen LogP contribution in [0.3, 0.4) is 0 Å². The minimum absolute atomic E-state index is 0.100. The molecule has 2 amide bonds. The van der Waals surface area contributed by atoms with Crippen LogP contribution in [0.25, 0.3) is 11.3 Å². The highest BCUT2D eigenvalue weighted by Crippen LogP contribution is 2.24. The monoisotopic (exact) mass is 537 g/mol. The van der Waals surface area contributed by atoms with Gasteiger partial charge < -0.3 is 14.7 Å². The summed E-state index contributed by atoms with van der Waals surface area (Å²) in [5.74, 6) is -0.235. The molecule has 4 aromatic rings. The number of carbonyl (C=O) groups is 2. The summed E-state index contributed by atoms with van der Waals surface area (Å²) in [7, 11) is 0. The Morgan fingerprint density at radius 2 is 1.60 bits per heavy atom. The fourth-order valence-corrected chi connectivity index (χ4v) is 4.98. The van der Waals surface area contributed by atoms with Gasteiger partial charge in [0, 0.05) is 37.3 Å². The molecule has 1 aliphatic heterocycles. The van der Waals surface area contributed by atoms with Gasteiger partial charge in [-0.15, -0.1) is 10.2 Å². The van der Waals surface area contributed by atoms with E-state index in [1.807, 2.05) is 79.7 Å². The third-order valence-electron chi connectivity index (χ3n) is 7.28. The quantitative estimate of drug-likeness (QED) is 0.323. The first-order chi connectivity index (χ1) is 19.5. The molecule has 0 radical (unpaired) electrons. The van der Waals surface area contributed by atoms with Crippen molar-refractivity contribution >= 4 is 17.6 Å². The molecule has 0 aliphatic carbocycles. The average molecular weight is 538 g/mol. The molecule has 1 atom stereocenters. The zero-order chi connectivity index (χ0) is 27.9. The number of hydrogen-bond acceptors (Lipinski definition) is 5. The van der Waals surface area contributed by atoms with Crippen molar-refractivity contribution < 1.29 is 14.0 Å². The number of aromatic nitrogens is 2. The summed E-state index contributed by atoms with van der Waals surface area (Å²) in [4.78, 5) is 32.6. The van der Waals surface area contributed by atoms with Crippen molar-refractivity contribution in [1.29, 1.82) is 0 Å². The lowest BCUT2D eigenvalue weighted by Crippen LogP contribution is -2.45. The number of benzene rings is 3. The topological polar surface area (TPSA) is 69.6 Å². The van der Waals surface area contributed by atoms with Crippen molar-refractivity contribution in [3.05, 3.63) is 114 Å². The largest absolute Gasteiger partial charge is 0.353 e. The van der Waals surface area contributed by atoms with Gasteiger partial charge in [0.15, 0.2) is 5.82 Å². The smallest absolute Gasteiger partial charge is 0.254 e. The highest BCUT2D eigenvalue weighted by atomic mass is 19.1. The molecular weight excluding hydrogens is 505 g/mol. The maximum Gasteiger partial charge on any atom is 0.254 e. The zero-order valence-electron chi connectivity index (χ0n) is 22.5. The number of anilines is 1. The molecule has 2 heterocycles. The predicted molar refractivity (Wildman–Crippen MR) is 153 cm³/mol. The number of rotatable bonds is 7. The SMILES string of the molecule is C[C@H](c1ccccc1)N(CC(=O)N1CCCN(c2ccc(-c3ccccc3)nn2)CC1)C(=O)c1cccc(F)c1. The van der Waals surface area contributed by atoms with E-state index in [2.05, 4.69) is 15.1 Å². The Hall–Kier alpha value is -4.59. The maximum absolute atomic E-state index is 13.9. The summed E-state index contributed by atoms with van der Waals surface area (Å²) in [6, 6.07) is 28.6. The van der Waals surface area contributed by atoms with E-state index in [1.54, 1.807) is 11.0 Å². The number of nitrogens with zero attached hydrogens (tertiary/aromatic N) is 5. The molecule has 40 heavy (non-hydrogen) atoms. The first kappa shape index (κ1) is 27.0. The van der Waals surface area contributed by atoms with Crippen LogP contribution < -0.4 is 4.90 Å². The minimum Gasteiger partial charge on any atom is -0.353 e. The van der Waals surface area contributed by atoms with E-state index < -0.39 is 5.82 Å². The summed E-state index contributed by atoms with van der Waals surface area (Å²) < 4.78 is 13.9. The first-order valence-electron chi connectivity index (χ1n) is 13.5. The highest BCUT2D eigenvalue weighted by Gasteiger charge is 2.28. The van der Waals surface area contributed by atoms with Crippen LogP contribution in [0.1, 0.15) is 35.3 Å². The summed E-state index contributed by atoms with van der Waals surface area (Å²) in [6.07, 6.45) is 0.764. The molecule has 8 heteroatoms. The van der Waals surface area contributed by atoms with Crippen LogP contribution in [-0.2, 0) is 4.79 Å². The van der Waals surface area contributed by atoms with Crippen LogP contribution in [0.15, 0.2) is 97.1 Å². The van der Waals surface area contributed by atoms with Crippen LogP contribution in [0, 0.1) is 5.82 Å². The molecule has 1 saturated heterocycles. The van der Waals surface area contributed by atoms with Crippen molar-refractivity contribution in [2.75, 3.05) is 37.6 Å². The third-order valence-corrected chi connectivity index (χ3v) is 7.28. The molecule has 1 aromatic heterocycles. The minimum atomic E-state index is -0.489. The van der Waals surface area contributed by atoms with Gasteiger partial charge in [-0.25, -0.2) is 4.39 Å². The van der Waals surface area contributed by atoms with Gasteiger partial charge in [-0.1, -0.05) is 66.7 Å². The van der Waals surface area contributed by atoms with E-state index >= 15 is 0 Å². The van der Waals surface area contributed by atoms with Crippen molar-refractivity contribution in [3.8, 4) is 11.3 Å². The van der Waals surface area contributed by atoms with E-state index in [0.717, 1.165) is 35.6 Å². The number of hydrogen-bond donors (Lipinski definition) is 0. The fraction of sp³-hybridized carbons (Fsp3) is 0.250. The molecular formula is C32H32FN5O2. The van der Waals surface area contributed by atoms with E-state index in [9.17, 15) is 14.0 Å².